The maximum absolute atomic E-state index is 12.0. The Morgan fingerprint density at radius 3 is 2.45 bits per heavy atom. The lowest BCUT2D eigenvalue weighted by Crippen LogP contribution is -2.59. The number of H-pyrrole nitrogens is 2. The highest BCUT2D eigenvalue weighted by molar-refractivity contribution is 7.92. The summed E-state index contributed by atoms with van der Waals surface area (Å²) in [6, 6.07) is 0. The van der Waals surface area contributed by atoms with E-state index < -0.39 is 56.0 Å². The number of sulfone groups is 1. The van der Waals surface area contributed by atoms with Crippen LogP contribution in [0.5, 0.6) is 0 Å². The molecule has 0 saturated carbocycles. The van der Waals surface area contributed by atoms with Gasteiger partial charge in [0.1, 0.15) is 17.8 Å². The second-order valence-corrected chi connectivity index (χ2v) is 7.44. The zero-order valence-corrected chi connectivity index (χ0v) is 12.5. The lowest BCUT2D eigenvalue weighted by Gasteiger charge is -2.36. The number of aromatic nitrogens is 2. The van der Waals surface area contributed by atoms with Crippen molar-refractivity contribution < 1.29 is 28.5 Å². The second-order valence-electron chi connectivity index (χ2n) is 5.27. The smallest absolute Gasteiger partial charge is 0.325 e. The number of ether oxygens (including phenoxy) is 1. The van der Waals surface area contributed by atoms with Gasteiger partial charge in [-0.25, -0.2) is 13.2 Å². The van der Waals surface area contributed by atoms with Gasteiger partial charge in [0, 0.05) is 12.5 Å². The van der Waals surface area contributed by atoms with Crippen molar-refractivity contribution in [3.8, 4) is 0 Å². The Kier molecular flexibility index (Phi) is 3.82. The fourth-order valence-electron chi connectivity index (χ4n) is 2.72. The van der Waals surface area contributed by atoms with Crippen molar-refractivity contribution in [1.82, 2.24) is 9.97 Å². The summed E-state index contributed by atoms with van der Waals surface area (Å²) in [7, 11) is -4.35. The molecule has 1 aromatic rings. The summed E-state index contributed by atoms with van der Waals surface area (Å²) in [5, 5.41) is 29.9. The highest BCUT2D eigenvalue weighted by atomic mass is 32.2. The Morgan fingerprint density at radius 1 is 1.41 bits per heavy atom. The van der Waals surface area contributed by atoms with Gasteiger partial charge in [0.2, 0.25) is 4.93 Å². The average molecular weight is 336 g/mol. The van der Waals surface area contributed by atoms with E-state index in [2.05, 4.69) is 4.98 Å². The Morgan fingerprint density at radius 2 is 2.00 bits per heavy atom. The fourth-order valence-corrected chi connectivity index (χ4v) is 4.17. The molecule has 5 N–H and O–H groups in total. The summed E-state index contributed by atoms with van der Waals surface area (Å²) in [6.07, 6.45) is -1.87. The molecule has 124 valence electrons. The monoisotopic (exact) mass is 336 g/mol. The molecule has 0 amide bonds. The van der Waals surface area contributed by atoms with E-state index in [-0.39, 0.29) is 0 Å². The number of rotatable bonds is 3. The minimum atomic E-state index is -4.35. The zero-order chi connectivity index (χ0) is 16.9. The SMILES string of the molecule is C[C@@]1(c2c[nH]c(=O)[nH]c2=O)O[C@H](CO)[C@@H](O)[C@]1(O)S(C)(=O)=O. The Labute approximate surface area is 124 Å². The molecule has 2 heterocycles. The molecule has 0 unspecified atom stereocenters. The number of hydrogen-bond acceptors (Lipinski definition) is 8. The molecule has 1 aliphatic rings. The highest BCUT2D eigenvalue weighted by Crippen LogP contribution is 2.48. The van der Waals surface area contributed by atoms with Crippen LogP contribution in [0.25, 0.3) is 0 Å². The molecule has 11 heteroatoms. The predicted octanol–water partition coefficient (Wildman–Crippen LogP) is -3.24. The Balaban J connectivity index is 2.79. The number of aliphatic hydroxyl groups excluding tert-OH is 2. The third-order valence-electron chi connectivity index (χ3n) is 3.90. The predicted molar refractivity (Wildman–Crippen MR) is 72.8 cm³/mol. The van der Waals surface area contributed by atoms with Gasteiger partial charge in [-0.2, -0.15) is 0 Å². The Hall–Kier alpha value is -1.53. The molecular formula is C11H16N2O8S. The molecule has 1 aromatic heterocycles. The van der Waals surface area contributed by atoms with E-state index in [4.69, 9.17) is 4.74 Å². The second kappa shape index (κ2) is 4.99. The molecule has 1 saturated heterocycles. The summed E-state index contributed by atoms with van der Waals surface area (Å²) in [5.41, 5.74) is -4.43. The molecule has 1 fully saturated rings. The van der Waals surface area contributed by atoms with E-state index in [1.165, 1.54) is 0 Å². The zero-order valence-electron chi connectivity index (χ0n) is 11.7. The molecule has 10 nitrogen and oxygen atoms in total. The topological polar surface area (TPSA) is 170 Å². The number of hydrogen-bond donors (Lipinski definition) is 5. The van der Waals surface area contributed by atoms with E-state index in [1.54, 1.807) is 0 Å². The molecule has 4 atom stereocenters. The summed E-state index contributed by atoms with van der Waals surface area (Å²) in [6.45, 7) is 0.297. The van der Waals surface area contributed by atoms with Gasteiger partial charge in [-0.1, -0.05) is 0 Å². The van der Waals surface area contributed by atoms with Crippen LogP contribution in [-0.2, 0) is 20.2 Å². The van der Waals surface area contributed by atoms with E-state index in [9.17, 15) is 33.3 Å². The van der Waals surface area contributed by atoms with Crippen molar-refractivity contribution >= 4 is 9.84 Å². The average Bonchev–Trinajstić information content (AvgIpc) is 2.60. The normalized spacial score (nSPS) is 35.7. The quantitative estimate of drug-likeness (QED) is 0.383. The van der Waals surface area contributed by atoms with Crippen molar-refractivity contribution in [2.24, 2.45) is 0 Å². The number of aliphatic hydroxyl groups is 3. The lowest BCUT2D eigenvalue weighted by atomic mass is 9.89. The van der Waals surface area contributed by atoms with Crippen LogP contribution in [0.1, 0.15) is 12.5 Å². The van der Waals surface area contributed by atoms with Crippen LogP contribution in [0.4, 0.5) is 0 Å². The lowest BCUT2D eigenvalue weighted by molar-refractivity contribution is -0.100. The molecule has 1 aliphatic heterocycles. The summed E-state index contributed by atoms with van der Waals surface area (Å²) >= 11 is 0. The van der Waals surface area contributed by atoms with Crippen molar-refractivity contribution in [3.63, 3.8) is 0 Å². The summed E-state index contributed by atoms with van der Waals surface area (Å²) in [5.74, 6) is 0. The third kappa shape index (κ3) is 2.05. The minimum Gasteiger partial charge on any atom is -0.394 e. The van der Waals surface area contributed by atoms with E-state index in [0.29, 0.717) is 6.26 Å². The van der Waals surface area contributed by atoms with Crippen LogP contribution in [0, 0.1) is 0 Å². The summed E-state index contributed by atoms with van der Waals surface area (Å²) < 4.78 is 29.4. The first-order valence-corrected chi connectivity index (χ1v) is 8.09. The molecule has 22 heavy (non-hydrogen) atoms. The van der Waals surface area contributed by atoms with Crippen molar-refractivity contribution in [1.29, 1.82) is 0 Å². The first-order valence-electron chi connectivity index (χ1n) is 6.20. The molecule has 0 spiro atoms. The van der Waals surface area contributed by atoms with Crippen LogP contribution >= 0.6 is 0 Å². The Bertz CT molecular complexity index is 799. The van der Waals surface area contributed by atoms with E-state index in [1.807, 2.05) is 4.98 Å². The minimum absolute atomic E-state index is 0.407. The van der Waals surface area contributed by atoms with E-state index in [0.717, 1.165) is 13.1 Å². The third-order valence-corrected chi connectivity index (χ3v) is 5.66. The van der Waals surface area contributed by atoms with Crippen molar-refractivity contribution in [2.75, 3.05) is 12.9 Å². The van der Waals surface area contributed by atoms with Gasteiger partial charge < -0.3 is 25.0 Å². The van der Waals surface area contributed by atoms with Crippen LogP contribution in [0.2, 0.25) is 0 Å². The van der Waals surface area contributed by atoms with Crippen LogP contribution in [-0.4, -0.2) is 63.7 Å². The van der Waals surface area contributed by atoms with Crippen molar-refractivity contribution in [2.45, 2.75) is 29.7 Å². The molecule has 0 aromatic carbocycles. The number of nitrogens with one attached hydrogen (secondary N) is 2. The van der Waals surface area contributed by atoms with Gasteiger partial charge in [0.15, 0.2) is 9.84 Å². The van der Waals surface area contributed by atoms with Gasteiger partial charge in [0.05, 0.1) is 12.2 Å². The molecule has 0 radical (unpaired) electrons. The van der Waals surface area contributed by atoms with Gasteiger partial charge in [0.25, 0.3) is 5.56 Å². The van der Waals surface area contributed by atoms with E-state index >= 15 is 0 Å². The standard InChI is InChI=1S/C11H16N2O8S/c1-10(5-3-12-9(17)13-8(5)16)11(18,22(2,19)20)7(15)6(4-14)21-10/h3,6-7,14-15,18H,4H2,1-2H3,(H2,12,13,16,17)/t6-,7-,10+,11+/m1/s1. The van der Waals surface area contributed by atoms with Crippen molar-refractivity contribution in [3.05, 3.63) is 32.6 Å². The number of aromatic amines is 2. The molecule has 2 rings (SSSR count). The highest BCUT2D eigenvalue weighted by Gasteiger charge is 2.69. The molecular weight excluding hydrogens is 320 g/mol. The molecule has 0 aliphatic carbocycles. The van der Waals surface area contributed by atoms with Crippen LogP contribution in [0.15, 0.2) is 15.8 Å². The molecule has 0 bridgehead atoms. The largest absolute Gasteiger partial charge is 0.394 e. The van der Waals surface area contributed by atoms with Gasteiger partial charge in [-0.05, 0) is 6.92 Å². The fraction of sp³-hybridized carbons (Fsp3) is 0.636. The maximum Gasteiger partial charge on any atom is 0.325 e. The maximum atomic E-state index is 12.0. The summed E-state index contributed by atoms with van der Waals surface area (Å²) in [4.78, 5) is 24.2. The van der Waals surface area contributed by atoms with Crippen LogP contribution < -0.4 is 11.2 Å². The first kappa shape index (κ1) is 16.8. The first-order chi connectivity index (χ1) is 9.99. The van der Waals surface area contributed by atoms with Gasteiger partial charge in [-0.15, -0.1) is 0 Å². The van der Waals surface area contributed by atoms with Gasteiger partial charge in [-0.3, -0.25) is 9.78 Å². The van der Waals surface area contributed by atoms with Gasteiger partial charge >= 0.3 is 5.69 Å². The van der Waals surface area contributed by atoms with Crippen LogP contribution in [0.3, 0.4) is 0 Å².